The Morgan fingerprint density at radius 1 is 1.70 bits per heavy atom. The van der Waals surface area contributed by atoms with Crippen LogP contribution in [0.2, 0.25) is 0 Å². The summed E-state index contributed by atoms with van der Waals surface area (Å²) in [6, 6.07) is 0.107. The van der Waals surface area contributed by atoms with Crippen molar-refractivity contribution in [1.82, 2.24) is 5.32 Å². The van der Waals surface area contributed by atoms with E-state index in [1.807, 2.05) is 22.6 Å². The maximum Gasteiger partial charge on any atom is 0.209 e. The molecule has 0 aromatic heterocycles. The van der Waals surface area contributed by atoms with E-state index in [0.717, 1.165) is 12.8 Å². The Hall–Kier alpha value is 0.360. The van der Waals surface area contributed by atoms with Crippen LogP contribution >= 0.6 is 22.6 Å². The number of carbonyl (C=O) groups excluding carboxylic acids is 1. The highest BCUT2D eigenvalue weighted by Crippen LogP contribution is 2.23. The van der Waals surface area contributed by atoms with Gasteiger partial charge < -0.3 is 5.32 Å². The van der Waals surface area contributed by atoms with Gasteiger partial charge in [0.05, 0.1) is 6.04 Å². The molecule has 0 saturated carbocycles. The van der Waals surface area contributed by atoms with Gasteiger partial charge in [-0.3, -0.25) is 4.79 Å². The summed E-state index contributed by atoms with van der Waals surface area (Å²) >= 11 is 1.86. The summed E-state index contributed by atoms with van der Waals surface area (Å²) < 4.78 is 0.239. The van der Waals surface area contributed by atoms with Crippen molar-refractivity contribution in [3.8, 4) is 0 Å². The topological polar surface area (TPSA) is 29.1 Å². The molecule has 3 heteroatoms. The SMILES string of the molecule is CC1(C)CC[C@@H](C(=O)I)N1. The van der Waals surface area contributed by atoms with Crippen molar-refractivity contribution in [3.05, 3.63) is 0 Å². The molecule has 0 radical (unpaired) electrons. The van der Waals surface area contributed by atoms with Gasteiger partial charge in [-0.05, 0) is 26.7 Å². The molecule has 0 bridgehead atoms. The van der Waals surface area contributed by atoms with E-state index in [0.29, 0.717) is 0 Å². The van der Waals surface area contributed by atoms with Crippen LogP contribution in [0.1, 0.15) is 26.7 Å². The number of nitrogens with one attached hydrogen (secondary N) is 1. The van der Waals surface area contributed by atoms with E-state index in [4.69, 9.17) is 0 Å². The molecule has 0 amide bonds. The third-order valence-electron chi connectivity index (χ3n) is 1.90. The van der Waals surface area contributed by atoms with Crippen LogP contribution in [0.3, 0.4) is 0 Å². The smallest absolute Gasteiger partial charge is 0.209 e. The van der Waals surface area contributed by atoms with Crippen LogP contribution in [0.5, 0.6) is 0 Å². The van der Waals surface area contributed by atoms with Crippen molar-refractivity contribution in [1.29, 1.82) is 0 Å². The molecule has 58 valence electrons. The van der Waals surface area contributed by atoms with Gasteiger partial charge in [-0.2, -0.15) is 0 Å². The van der Waals surface area contributed by atoms with E-state index in [1.54, 1.807) is 0 Å². The van der Waals surface area contributed by atoms with Gasteiger partial charge in [-0.25, -0.2) is 0 Å². The fourth-order valence-corrected chi connectivity index (χ4v) is 1.76. The second-order valence-electron chi connectivity index (χ2n) is 3.42. The van der Waals surface area contributed by atoms with Crippen molar-refractivity contribution in [2.75, 3.05) is 0 Å². The monoisotopic (exact) mass is 253 g/mol. The zero-order valence-corrected chi connectivity index (χ0v) is 8.44. The fourth-order valence-electron chi connectivity index (χ4n) is 1.29. The highest BCUT2D eigenvalue weighted by molar-refractivity contribution is 14.1. The van der Waals surface area contributed by atoms with Crippen molar-refractivity contribution in [2.24, 2.45) is 0 Å². The molecule has 1 fully saturated rings. The second-order valence-corrected chi connectivity index (χ2v) is 4.49. The lowest BCUT2D eigenvalue weighted by molar-refractivity contribution is -0.111. The van der Waals surface area contributed by atoms with E-state index >= 15 is 0 Å². The van der Waals surface area contributed by atoms with Crippen LogP contribution in [0.25, 0.3) is 0 Å². The Morgan fingerprint density at radius 2 is 2.30 bits per heavy atom. The van der Waals surface area contributed by atoms with Crippen molar-refractivity contribution in [3.63, 3.8) is 0 Å². The normalized spacial score (nSPS) is 30.5. The van der Waals surface area contributed by atoms with Gasteiger partial charge in [0.15, 0.2) is 0 Å². The van der Waals surface area contributed by atoms with Crippen LogP contribution in [0, 0.1) is 0 Å². The number of hydrogen-bond donors (Lipinski definition) is 1. The molecule has 1 aliphatic heterocycles. The zero-order chi connectivity index (χ0) is 7.78. The molecule has 1 heterocycles. The molecule has 2 nitrogen and oxygen atoms in total. The lowest BCUT2D eigenvalue weighted by Crippen LogP contribution is -2.39. The fraction of sp³-hybridized carbons (Fsp3) is 0.857. The molecule has 0 aromatic rings. The first kappa shape index (κ1) is 8.46. The van der Waals surface area contributed by atoms with Gasteiger partial charge in [-0.1, -0.05) is 0 Å². The molecule has 10 heavy (non-hydrogen) atoms. The Bertz CT molecular complexity index is 156. The van der Waals surface area contributed by atoms with Crippen molar-refractivity contribution in [2.45, 2.75) is 38.3 Å². The van der Waals surface area contributed by atoms with Crippen molar-refractivity contribution < 1.29 is 4.79 Å². The van der Waals surface area contributed by atoms with E-state index in [-0.39, 0.29) is 15.4 Å². The van der Waals surface area contributed by atoms with Crippen LogP contribution in [-0.4, -0.2) is 15.4 Å². The molecule has 1 saturated heterocycles. The highest BCUT2D eigenvalue weighted by atomic mass is 127. The van der Waals surface area contributed by atoms with Crippen LogP contribution in [0.15, 0.2) is 0 Å². The third-order valence-corrected chi connectivity index (χ3v) is 2.65. The maximum absolute atomic E-state index is 10.9. The molecular formula is C7H12INO. The molecule has 0 unspecified atom stereocenters. The summed E-state index contributed by atoms with van der Waals surface area (Å²) in [5, 5.41) is 3.27. The third kappa shape index (κ3) is 1.92. The molecule has 1 N–H and O–H groups in total. The molecular weight excluding hydrogens is 241 g/mol. The predicted molar refractivity (Wildman–Crippen MR) is 49.3 cm³/mol. The van der Waals surface area contributed by atoms with E-state index in [2.05, 4.69) is 19.2 Å². The Labute approximate surface area is 74.9 Å². The zero-order valence-electron chi connectivity index (χ0n) is 6.28. The minimum atomic E-state index is 0.107. The van der Waals surface area contributed by atoms with E-state index in [9.17, 15) is 4.79 Å². The molecule has 0 aromatic carbocycles. The van der Waals surface area contributed by atoms with Gasteiger partial charge in [0, 0.05) is 28.1 Å². The maximum atomic E-state index is 10.9. The van der Waals surface area contributed by atoms with Crippen LogP contribution in [0.4, 0.5) is 0 Å². The first-order chi connectivity index (χ1) is 4.51. The minimum Gasteiger partial charge on any atom is -0.302 e. The summed E-state index contributed by atoms with van der Waals surface area (Å²) in [6.07, 6.45) is 2.10. The van der Waals surface area contributed by atoms with E-state index in [1.165, 1.54) is 0 Å². The number of rotatable bonds is 1. The average Bonchev–Trinajstić information content (AvgIpc) is 2.10. The van der Waals surface area contributed by atoms with Gasteiger partial charge in [-0.15, -0.1) is 0 Å². The molecule has 1 atom stereocenters. The number of carbonyl (C=O) groups is 1. The summed E-state index contributed by atoms with van der Waals surface area (Å²) in [4.78, 5) is 10.9. The summed E-state index contributed by atoms with van der Waals surface area (Å²) in [5.41, 5.74) is 0.172. The quantitative estimate of drug-likeness (QED) is 0.566. The van der Waals surface area contributed by atoms with Crippen LogP contribution < -0.4 is 5.32 Å². The van der Waals surface area contributed by atoms with Gasteiger partial charge >= 0.3 is 0 Å². The molecule has 0 aliphatic carbocycles. The summed E-state index contributed by atoms with van der Waals surface area (Å²) in [6.45, 7) is 4.26. The largest absolute Gasteiger partial charge is 0.302 e. The first-order valence-corrected chi connectivity index (χ1v) is 4.56. The van der Waals surface area contributed by atoms with Crippen LogP contribution in [-0.2, 0) is 4.79 Å². The molecule has 1 aliphatic rings. The predicted octanol–water partition coefficient (Wildman–Crippen LogP) is 1.48. The van der Waals surface area contributed by atoms with Gasteiger partial charge in [0.25, 0.3) is 0 Å². The standard InChI is InChI=1S/C7H12INO/c1-7(2)4-3-5(9-7)6(8)10/h5,9H,3-4H2,1-2H3/t5-/m0/s1. The summed E-state index contributed by atoms with van der Waals surface area (Å²) in [7, 11) is 0. The summed E-state index contributed by atoms with van der Waals surface area (Å²) in [5.74, 6) is 0. The van der Waals surface area contributed by atoms with Gasteiger partial charge in [0.1, 0.15) is 0 Å². The molecule has 1 rings (SSSR count). The number of hydrogen-bond acceptors (Lipinski definition) is 2. The lowest BCUT2D eigenvalue weighted by Gasteiger charge is -2.18. The van der Waals surface area contributed by atoms with E-state index < -0.39 is 0 Å². The minimum absolute atomic E-state index is 0.107. The Kier molecular flexibility index (Phi) is 2.34. The second kappa shape index (κ2) is 2.77. The first-order valence-electron chi connectivity index (χ1n) is 3.48. The Morgan fingerprint density at radius 3 is 2.50 bits per heavy atom. The van der Waals surface area contributed by atoms with Gasteiger partial charge in [0.2, 0.25) is 3.79 Å². The molecule has 0 spiro atoms. The number of halogens is 1. The average molecular weight is 253 g/mol. The highest BCUT2D eigenvalue weighted by Gasteiger charge is 2.32. The van der Waals surface area contributed by atoms with Crippen molar-refractivity contribution >= 4 is 26.4 Å². The Balaban J connectivity index is 2.51. The lowest BCUT2D eigenvalue weighted by atomic mass is 10.0.